The van der Waals surface area contributed by atoms with Crippen LogP contribution >= 0.6 is 0 Å². The SMILES string of the molecule is c1ccc(NCC2CO2)cc1. The normalized spacial score (nSPS) is 21.3. The molecule has 1 saturated heterocycles. The van der Waals surface area contributed by atoms with Gasteiger partial charge in [-0.15, -0.1) is 0 Å². The lowest BCUT2D eigenvalue weighted by atomic mass is 10.3. The molecule has 0 spiro atoms. The van der Waals surface area contributed by atoms with E-state index >= 15 is 0 Å². The fraction of sp³-hybridized carbons (Fsp3) is 0.333. The minimum Gasteiger partial charge on any atom is -0.382 e. The van der Waals surface area contributed by atoms with Crippen molar-refractivity contribution >= 4 is 5.69 Å². The van der Waals surface area contributed by atoms with Crippen LogP contribution in [-0.4, -0.2) is 19.3 Å². The molecule has 1 fully saturated rings. The summed E-state index contributed by atoms with van der Waals surface area (Å²) in [5.74, 6) is 0. The summed E-state index contributed by atoms with van der Waals surface area (Å²) in [6.45, 7) is 1.85. The molecule has 1 heterocycles. The lowest BCUT2D eigenvalue weighted by Gasteiger charge is -2.01. The monoisotopic (exact) mass is 149 g/mol. The van der Waals surface area contributed by atoms with E-state index < -0.39 is 0 Å². The van der Waals surface area contributed by atoms with Crippen molar-refractivity contribution in [2.75, 3.05) is 18.5 Å². The third-order valence-electron chi connectivity index (χ3n) is 1.71. The van der Waals surface area contributed by atoms with Gasteiger partial charge in [-0.1, -0.05) is 18.2 Å². The van der Waals surface area contributed by atoms with Gasteiger partial charge >= 0.3 is 0 Å². The quantitative estimate of drug-likeness (QED) is 0.658. The van der Waals surface area contributed by atoms with Gasteiger partial charge in [0, 0.05) is 12.2 Å². The fourth-order valence-electron chi connectivity index (χ4n) is 0.974. The first kappa shape index (κ1) is 6.68. The minimum absolute atomic E-state index is 0.454. The molecule has 1 atom stereocenters. The van der Waals surface area contributed by atoms with Crippen molar-refractivity contribution in [1.82, 2.24) is 0 Å². The third-order valence-corrected chi connectivity index (χ3v) is 1.71. The molecule has 2 nitrogen and oxygen atoms in total. The first-order chi connectivity index (χ1) is 5.45. The van der Waals surface area contributed by atoms with E-state index in [2.05, 4.69) is 17.4 Å². The molecule has 2 rings (SSSR count). The van der Waals surface area contributed by atoms with Gasteiger partial charge in [-0.05, 0) is 12.1 Å². The standard InChI is InChI=1S/C9H11NO/c1-2-4-8(5-3-1)10-6-9-7-11-9/h1-5,9-10H,6-7H2. The summed E-state index contributed by atoms with van der Waals surface area (Å²) in [6.07, 6.45) is 0.454. The molecule has 2 heteroatoms. The second kappa shape index (κ2) is 2.93. The van der Waals surface area contributed by atoms with Crippen molar-refractivity contribution < 1.29 is 4.74 Å². The summed E-state index contributed by atoms with van der Waals surface area (Å²) in [4.78, 5) is 0. The minimum atomic E-state index is 0.454. The van der Waals surface area contributed by atoms with Crippen LogP contribution in [0.3, 0.4) is 0 Å². The van der Waals surface area contributed by atoms with Crippen molar-refractivity contribution in [3.63, 3.8) is 0 Å². The Balaban J connectivity index is 1.85. The number of nitrogens with one attached hydrogen (secondary N) is 1. The van der Waals surface area contributed by atoms with E-state index in [0.717, 1.165) is 13.2 Å². The van der Waals surface area contributed by atoms with Gasteiger partial charge in [0.2, 0.25) is 0 Å². The maximum atomic E-state index is 5.07. The molecule has 1 aromatic rings. The highest BCUT2D eigenvalue weighted by Gasteiger charge is 2.21. The molecule has 1 aliphatic heterocycles. The smallest absolute Gasteiger partial charge is 0.0981 e. The van der Waals surface area contributed by atoms with Crippen molar-refractivity contribution in [3.05, 3.63) is 30.3 Å². The third kappa shape index (κ3) is 1.95. The summed E-state index contributed by atoms with van der Waals surface area (Å²) in [5.41, 5.74) is 1.17. The van der Waals surface area contributed by atoms with E-state index in [0.29, 0.717) is 6.10 Å². The van der Waals surface area contributed by atoms with E-state index in [9.17, 15) is 0 Å². The number of rotatable bonds is 3. The molecule has 1 unspecified atom stereocenters. The van der Waals surface area contributed by atoms with Crippen LogP contribution in [0.4, 0.5) is 5.69 Å². The molecule has 58 valence electrons. The molecule has 11 heavy (non-hydrogen) atoms. The van der Waals surface area contributed by atoms with Crippen molar-refractivity contribution in [2.24, 2.45) is 0 Å². The Morgan fingerprint density at radius 1 is 1.36 bits per heavy atom. The Morgan fingerprint density at radius 3 is 2.73 bits per heavy atom. The van der Waals surface area contributed by atoms with Crippen molar-refractivity contribution in [3.8, 4) is 0 Å². The van der Waals surface area contributed by atoms with Crippen LogP contribution in [0.2, 0.25) is 0 Å². The van der Waals surface area contributed by atoms with Crippen molar-refractivity contribution in [1.29, 1.82) is 0 Å². The van der Waals surface area contributed by atoms with E-state index in [1.165, 1.54) is 5.69 Å². The molecule has 1 N–H and O–H groups in total. The number of hydrogen-bond donors (Lipinski definition) is 1. The molecule has 1 aliphatic rings. The summed E-state index contributed by atoms with van der Waals surface area (Å²) < 4.78 is 5.07. The summed E-state index contributed by atoms with van der Waals surface area (Å²) >= 11 is 0. The average Bonchev–Trinajstić information content (AvgIpc) is 2.86. The second-order valence-corrected chi connectivity index (χ2v) is 2.70. The molecule has 0 bridgehead atoms. The summed E-state index contributed by atoms with van der Waals surface area (Å²) in [5, 5.41) is 3.28. The largest absolute Gasteiger partial charge is 0.382 e. The van der Waals surface area contributed by atoms with E-state index in [1.54, 1.807) is 0 Å². The maximum absolute atomic E-state index is 5.07. The van der Waals surface area contributed by atoms with Gasteiger partial charge in [0.05, 0.1) is 12.7 Å². The molecule has 1 aromatic carbocycles. The number of anilines is 1. The van der Waals surface area contributed by atoms with Gasteiger partial charge in [-0.25, -0.2) is 0 Å². The van der Waals surface area contributed by atoms with Crippen LogP contribution in [0.5, 0.6) is 0 Å². The van der Waals surface area contributed by atoms with Crippen LogP contribution in [-0.2, 0) is 4.74 Å². The van der Waals surface area contributed by atoms with Crippen LogP contribution in [0.25, 0.3) is 0 Å². The molecule has 0 saturated carbocycles. The van der Waals surface area contributed by atoms with Crippen LogP contribution < -0.4 is 5.32 Å². The van der Waals surface area contributed by atoms with Crippen LogP contribution in [0.15, 0.2) is 30.3 Å². The average molecular weight is 149 g/mol. The van der Waals surface area contributed by atoms with Gasteiger partial charge in [-0.2, -0.15) is 0 Å². The summed E-state index contributed by atoms with van der Waals surface area (Å²) in [7, 11) is 0. The Morgan fingerprint density at radius 2 is 2.09 bits per heavy atom. The van der Waals surface area contributed by atoms with Gasteiger partial charge < -0.3 is 10.1 Å². The maximum Gasteiger partial charge on any atom is 0.0981 e. The van der Waals surface area contributed by atoms with E-state index in [1.807, 2.05) is 18.2 Å². The molecule has 0 aromatic heterocycles. The first-order valence-electron chi connectivity index (χ1n) is 3.86. The Hall–Kier alpha value is -1.02. The zero-order valence-corrected chi connectivity index (χ0v) is 6.29. The Labute approximate surface area is 66.2 Å². The molecular formula is C9H11NO. The van der Waals surface area contributed by atoms with Gasteiger partial charge in [-0.3, -0.25) is 0 Å². The highest BCUT2D eigenvalue weighted by molar-refractivity contribution is 5.42. The predicted octanol–water partition coefficient (Wildman–Crippen LogP) is 1.50. The van der Waals surface area contributed by atoms with Gasteiger partial charge in [0.15, 0.2) is 0 Å². The lowest BCUT2D eigenvalue weighted by molar-refractivity contribution is 0.417. The highest BCUT2D eigenvalue weighted by Crippen LogP contribution is 2.11. The number of benzene rings is 1. The zero-order chi connectivity index (χ0) is 7.52. The number of hydrogen-bond acceptors (Lipinski definition) is 2. The van der Waals surface area contributed by atoms with Crippen LogP contribution in [0, 0.1) is 0 Å². The van der Waals surface area contributed by atoms with Crippen molar-refractivity contribution in [2.45, 2.75) is 6.10 Å². The lowest BCUT2D eigenvalue weighted by Crippen LogP contribution is -2.06. The van der Waals surface area contributed by atoms with Gasteiger partial charge in [0.25, 0.3) is 0 Å². The second-order valence-electron chi connectivity index (χ2n) is 2.70. The molecular weight excluding hydrogens is 138 g/mol. The first-order valence-corrected chi connectivity index (χ1v) is 3.86. The number of para-hydroxylation sites is 1. The highest BCUT2D eigenvalue weighted by atomic mass is 16.6. The number of epoxide rings is 1. The molecule has 0 aliphatic carbocycles. The Kier molecular flexibility index (Phi) is 1.78. The fourth-order valence-corrected chi connectivity index (χ4v) is 0.974. The zero-order valence-electron chi connectivity index (χ0n) is 6.29. The molecule has 0 amide bonds. The van der Waals surface area contributed by atoms with E-state index in [4.69, 9.17) is 4.74 Å². The predicted molar refractivity (Wildman–Crippen MR) is 44.7 cm³/mol. The topological polar surface area (TPSA) is 24.6 Å². The molecule has 0 radical (unpaired) electrons. The Bertz CT molecular complexity index is 218. The summed E-state index contributed by atoms with van der Waals surface area (Å²) in [6, 6.07) is 10.2. The van der Waals surface area contributed by atoms with Gasteiger partial charge in [0.1, 0.15) is 0 Å². The number of ether oxygens (including phenoxy) is 1. The van der Waals surface area contributed by atoms with E-state index in [-0.39, 0.29) is 0 Å². The van der Waals surface area contributed by atoms with Crippen LogP contribution in [0.1, 0.15) is 0 Å².